The van der Waals surface area contributed by atoms with Crippen LogP contribution in [0.2, 0.25) is 0 Å². The van der Waals surface area contributed by atoms with E-state index in [0.29, 0.717) is 5.69 Å². The van der Waals surface area contributed by atoms with Gasteiger partial charge in [-0.25, -0.2) is 0 Å². The lowest BCUT2D eigenvalue weighted by Gasteiger charge is -2.31. The van der Waals surface area contributed by atoms with Crippen molar-refractivity contribution < 1.29 is 14.4 Å². The Labute approximate surface area is 104 Å². The van der Waals surface area contributed by atoms with Crippen molar-refractivity contribution in [3.8, 4) is 0 Å². The second-order valence-corrected chi connectivity index (χ2v) is 4.11. The normalized spacial score (nSPS) is 19.6. The fourth-order valence-electron chi connectivity index (χ4n) is 1.78. The number of hydrogen-bond donors (Lipinski definition) is 1. The maximum Gasteiger partial charge on any atom is 0.249 e. The van der Waals surface area contributed by atoms with Gasteiger partial charge in [-0.05, 0) is 19.1 Å². The maximum atomic E-state index is 12.0. The molecule has 0 aliphatic carbocycles. The summed E-state index contributed by atoms with van der Waals surface area (Å²) < 4.78 is 0. The number of aromatic nitrogens is 1. The Kier molecular flexibility index (Phi) is 3.36. The van der Waals surface area contributed by atoms with Crippen LogP contribution in [0.3, 0.4) is 0 Å². The van der Waals surface area contributed by atoms with Crippen LogP contribution in [0.15, 0.2) is 24.4 Å². The molecule has 18 heavy (non-hydrogen) atoms. The summed E-state index contributed by atoms with van der Waals surface area (Å²) in [7, 11) is 0. The third kappa shape index (κ3) is 2.53. The van der Waals surface area contributed by atoms with Gasteiger partial charge in [0.15, 0.2) is 0 Å². The van der Waals surface area contributed by atoms with Crippen molar-refractivity contribution in [3.63, 3.8) is 0 Å². The number of nitrogens with one attached hydrogen (secondary N) is 1. The molecule has 6 nitrogen and oxygen atoms in total. The molecule has 2 rings (SSSR count). The molecule has 0 aromatic carbocycles. The molecule has 1 unspecified atom stereocenters. The number of amides is 3. The minimum absolute atomic E-state index is 0.0847. The Morgan fingerprint density at radius 2 is 2.28 bits per heavy atom. The highest BCUT2D eigenvalue weighted by atomic mass is 16.2. The summed E-state index contributed by atoms with van der Waals surface area (Å²) in [5.74, 6) is -1.17. The Bertz CT molecular complexity index is 487. The number of carbonyl (C=O) groups excluding carboxylic acids is 3. The molecule has 1 aliphatic rings. The first-order chi connectivity index (χ1) is 8.58. The fraction of sp³-hybridized carbons (Fsp3) is 0.333. The van der Waals surface area contributed by atoms with Crippen LogP contribution >= 0.6 is 0 Å². The smallest absolute Gasteiger partial charge is 0.249 e. The highest BCUT2D eigenvalue weighted by Gasteiger charge is 2.33. The molecule has 1 saturated heterocycles. The van der Waals surface area contributed by atoms with Crippen molar-refractivity contribution in [1.29, 1.82) is 0 Å². The summed E-state index contributed by atoms with van der Waals surface area (Å²) in [6, 6.07) is 4.65. The molecule has 3 amide bonds. The number of carbonyl (C=O) groups is 3. The first-order valence-electron chi connectivity index (χ1n) is 5.61. The summed E-state index contributed by atoms with van der Waals surface area (Å²) in [6.07, 6.45) is 1.69. The van der Waals surface area contributed by atoms with Crippen molar-refractivity contribution in [2.45, 2.75) is 19.4 Å². The second-order valence-electron chi connectivity index (χ2n) is 4.11. The first-order valence-corrected chi connectivity index (χ1v) is 5.61. The third-order valence-corrected chi connectivity index (χ3v) is 2.80. The second kappa shape index (κ2) is 4.95. The van der Waals surface area contributed by atoms with Crippen LogP contribution in [0, 0.1) is 0 Å². The molecule has 0 spiro atoms. The Hall–Kier alpha value is -2.24. The van der Waals surface area contributed by atoms with E-state index in [1.807, 2.05) is 0 Å². The highest BCUT2D eigenvalue weighted by molar-refractivity contribution is 6.04. The quantitative estimate of drug-likeness (QED) is 0.714. The van der Waals surface area contributed by atoms with Gasteiger partial charge in [-0.2, -0.15) is 0 Å². The molecular formula is C12H13N3O3. The molecule has 0 bridgehead atoms. The topological polar surface area (TPSA) is 79.4 Å². The first kappa shape index (κ1) is 12.2. The van der Waals surface area contributed by atoms with Gasteiger partial charge in [-0.15, -0.1) is 0 Å². The SMILES string of the molecule is CC1C(=O)NC(=O)CN1C(=O)Cc1ccccn1. The summed E-state index contributed by atoms with van der Waals surface area (Å²) in [5.41, 5.74) is 0.619. The van der Waals surface area contributed by atoms with Gasteiger partial charge in [0.25, 0.3) is 0 Å². The van der Waals surface area contributed by atoms with Gasteiger partial charge in [0, 0.05) is 11.9 Å². The molecule has 1 aliphatic heterocycles. The number of hydrogen-bond acceptors (Lipinski definition) is 4. The molecule has 1 N–H and O–H groups in total. The van der Waals surface area contributed by atoms with Gasteiger partial charge >= 0.3 is 0 Å². The third-order valence-electron chi connectivity index (χ3n) is 2.80. The molecule has 1 atom stereocenters. The van der Waals surface area contributed by atoms with E-state index in [9.17, 15) is 14.4 Å². The minimum Gasteiger partial charge on any atom is -0.321 e. The molecule has 94 valence electrons. The number of imide groups is 1. The van der Waals surface area contributed by atoms with Gasteiger partial charge in [-0.3, -0.25) is 24.7 Å². The molecule has 6 heteroatoms. The van der Waals surface area contributed by atoms with Crippen LogP contribution in [0.25, 0.3) is 0 Å². The highest BCUT2D eigenvalue weighted by Crippen LogP contribution is 2.08. The van der Waals surface area contributed by atoms with E-state index in [4.69, 9.17) is 0 Å². The molecule has 1 aromatic heterocycles. The van der Waals surface area contributed by atoms with E-state index in [-0.39, 0.29) is 18.9 Å². The van der Waals surface area contributed by atoms with E-state index in [1.54, 1.807) is 31.3 Å². The Morgan fingerprint density at radius 1 is 1.50 bits per heavy atom. The maximum absolute atomic E-state index is 12.0. The summed E-state index contributed by atoms with van der Waals surface area (Å²) in [6.45, 7) is 1.51. The van der Waals surface area contributed by atoms with Crippen molar-refractivity contribution >= 4 is 17.7 Å². The van der Waals surface area contributed by atoms with Crippen LogP contribution in [0.5, 0.6) is 0 Å². The lowest BCUT2D eigenvalue weighted by atomic mass is 10.1. The van der Waals surface area contributed by atoms with Crippen LogP contribution < -0.4 is 5.32 Å². The summed E-state index contributed by atoms with van der Waals surface area (Å²) >= 11 is 0. The van der Waals surface area contributed by atoms with E-state index in [2.05, 4.69) is 10.3 Å². The average molecular weight is 247 g/mol. The Balaban J connectivity index is 2.08. The van der Waals surface area contributed by atoms with Gasteiger partial charge in [-0.1, -0.05) is 6.07 Å². The zero-order chi connectivity index (χ0) is 13.1. The van der Waals surface area contributed by atoms with Crippen LogP contribution in [0.4, 0.5) is 0 Å². The van der Waals surface area contributed by atoms with Crippen molar-refractivity contribution in [2.75, 3.05) is 6.54 Å². The van der Waals surface area contributed by atoms with E-state index < -0.39 is 17.9 Å². The standard InChI is InChI=1S/C12H13N3O3/c1-8-12(18)14-10(16)7-15(8)11(17)6-9-4-2-3-5-13-9/h2-5,8H,6-7H2,1H3,(H,14,16,18). The van der Waals surface area contributed by atoms with Gasteiger partial charge < -0.3 is 4.90 Å². The average Bonchev–Trinajstić information content (AvgIpc) is 2.35. The van der Waals surface area contributed by atoms with Crippen molar-refractivity contribution in [2.24, 2.45) is 0 Å². The molecule has 0 saturated carbocycles. The zero-order valence-electron chi connectivity index (χ0n) is 9.92. The fourth-order valence-corrected chi connectivity index (χ4v) is 1.78. The number of piperazine rings is 1. The number of pyridine rings is 1. The Morgan fingerprint density at radius 3 is 2.94 bits per heavy atom. The van der Waals surface area contributed by atoms with Crippen molar-refractivity contribution in [3.05, 3.63) is 30.1 Å². The van der Waals surface area contributed by atoms with Crippen molar-refractivity contribution in [1.82, 2.24) is 15.2 Å². The van der Waals surface area contributed by atoms with Crippen LogP contribution in [0.1, 0.15) is 12.6 Å². The van der Waals surface area contributed by atoms with Gasteiger partial charge in [0.1, 0.15) is 12.6 Å². The number of nitrogens with zero attached hydrogens (tertiary/aromatic N) is 2. The van der Waals surface area contributed by atoms with E-state index in [0.717, 1.165) is 0 Å². The summed E-state index contributed by atoms with van der Waals surface area (Å²) in [4.78, 5) is 40.0. The minimum atomic E-state index is -0.626. The van der Waals surface area contributed by atoms with Crippen LogP contribution in [-0.2, 0) is 20.8 Å². The molecule has 1 fully saturated rings. The predicted octanol–water partition coefficient (Wildman–Crippen LogP) is -0.502. The lowest BCUT2D eigenvalue weighted by Crippen LogP contribution is -2.58. The summed E-state index contributed by atoms with van der Waals surface area (Å²) in [5, 5.41) is 2.19. The monoisotopic (exact) mass is 247 g/mol. The molecule has 0 radical (unpaired) electrons. The predicted molar refractivity (Wildman–Crippen MR) is 62.3 cm³/mol. The largest absolute Gasteiger partial charge is 0.321 e. The van der Waals surface area contributed by atoms with E-state index in [1.165, 1.54) is 4.90 Å². The number of rotatable bonds is 2. The van der Waals surface area contributed by atoms with Gasteiger partial charge in [0.2, 0.25) is 17.7 Å². The molecular weight excluding hydrogens is 234 g/mol. The van der Waals surface area contributed by atoms with Crippen LogP contribution in [-0.4, -0.2) is 40.2 Å². The molecule has 2 heterocycles. The zero-order valence-corrected chi connectivity index (χ0v) is 9.92. The van der Waals surface area contributed by atoms with E-state index >= 15 is 0 Å². The molecule has 1 aromatic rings. The lowest BCUT2D eigenvalue weighted by molar-refractivity contribution is -0.149. The van der Waals surface area contributed by atoms with Gasteiger partial charge in [0.05, 0.1) is 6.42 Å².